The lowest BCUT2D eigenvalue weighted by Gasteiger charge is -2.15. The smallest absolute Gasteiger partial charge is 0.251 e. The summed E-state index contributed by atoms with van der Waals surface area (Å²) in [5.74, 6) is -0.399. The number of halogens is 1. The molecule has 0 aliphatic heterocycles. The molecular weight excluding hydrogens is 422 g/mol. The minimum Gasteiger partial charge on any atom is -0.352 e. The first-order valence-corrected chi connectivity index (χ1v) is 9.91. The van der Waals surface area contributed by atoms with E-state index >= 15 is 0 Å². The average Bonchev–Trinajstić information content (AvgIpc) is 2.68. The third-order valence-electron chi connectivity index (χ3n) is 4.14. The maximum absolute atomic E-state index is 12.1. The molecule has 1 unspecified atom stereocenters. The molecule has 0 saturated carbocycles. The van der Waals surface area contributed by atoms with E-state index in [0.29, 0.717) is 12.0 Å². The van der Waals surface area contributed by atoms with Gasteiger partial charge in [0.05, 0.1) is 6.04 Å². The van der Waals surface area contributed by atoms with Crippen LogP contribution in [0, 0.1) is 0 Å². The lowest BCUT2D eigenvalue weighted by atomic mass is 10.1. The molecule has 0 spiro atoms. The molecule has 28 heavy (non-hydrogen) atoms. The first-order chi connectivity index (χ1) is 13.4. The van der Waals surface area contributed by atoms with Gasteiger partial charge in [-0.1, -0.05) is 35.0 Å². The monoisotopic (exact) mass is 445 g/mol. The number of hydrogen-bond donors (Lipinski definition) is 3. The zero-order valence-corrected chi connectivity index (χ0v) is 17.5. The van der Waals surface area contributed by atoms with Crippen molar-refractivity contribution in [3.8, 4) is 0 Å². The summed E-state index contributed by atoms with van der Waals surface area (Å²) in [5, 5.41) is 8.43. The molecule has 0 fully saturated rings. The van der Waals surface area contributed by atoms with Crippen molar-refractivity contribution in [2.45, 2.75) is 32.7 Å². The van der Waals surface area contributed by atoms with Crippen LogP contribution in [0.4, 0.5) is 5.69 Å². The van der Waals surface area contributed by atoms with Gasteiger partial charge in [0.25, 0.3) is 5.91 Å². The minimum absolute atomic E-state index is 0.0423. The molecule has 1 atom stereocenters. The van der Waals surface area contributed by atoms with Gasteiger partial charge in [-0.2, -0.15) is 0 Å². The van der Waals surface area contributed by atoms with Crippen LogP contribution in [0.15, 0.2) is 53.0 Å². The molecule has 2 aromatic carbocycles. The maximum atomic E-state index is 12.1. The maximum Gasteiger partial charge on any atom is 0.251 e. The Hall–Kier alpha value is -2.67. The molecule has 7 heteroatoms. The molecule has 0 aliphatic carbocycles. The Morgan fingerprint density at radius 1 is 0.964 bits per heavy atom. The molecule has 0 heterocycles. The van der Waals surface area contributed by atoms with Crippen LogP contribution in [-0.2, 0) is 9.59 Å². The van der Waals surface area contributed by atoms with Gasteiger partial charge in [0, 0.05) is 35.1 Å². The predicted molar refractivity (Wildman–Crippen MR) is 113 cm³/mol. The third kappa shape index (κ3) is 6.81. The summed E-state index contributed by atoms with van der Waals surface area (Å²) in [6, 6.07) is 14.2. The van der Waals surface area contributed by atoms with E-state index in [2.05, 4.69) is 31.9 Å². The first-order valence-electron chi connectivity index (χ1n) is 9.12. The molecule has 0 saturated heterocycles. The van der Waals surface area contributed by atoms with Gasteiger partial charge in [0.1, 0.15) is 0 Å². The summed E-state index contributed by atoms with van der Waals surface area (Å²) in [7, 11) is 0. The topological polar surface area (TPSA) is 87.3 Å². The zero-order chi connectivity index (χ0) is 20.5. The van der Waals surface area contributed by atoms with E-state index in [9.17, 15) is 14.4 Å². The van der Waals surface area contributed by atoms with Crippen LogP contribution >= 0.6 is 15.9 Å². The highest BCUT2D eigenvalue weighted by Crippen LogP contribution is 2.16. The summed E-state index contributed by atoms with van der Waals surface area (Å²) < 4.78 is 0.901. The fourth-order valence-corrected chi connectivity index (χ4v) is 2.76. The summed E-state index contributed by atoms with van der Waals surface area (Å²) in [6.07, 6.45) is 0.615. The number of carbonyl (C=O) groups excluding carboxylic acids is 3. The summed E-state index contributed by atoms with van der Waals surface area (Å²) in [5.41, 5.74) is 2.21. The summed E-state index contributed by atoms with van der Waals surface area (Å²) >= 11 is 3.32. The molecule has 0 radical (unpaired) electrons. The molecule has 0 aliphatic rings. The molecule has 6 nitrogen and oxygen atoms in total. The van der Waals surface area contributed by atoms with Crippen molar-refractivity contribution >= 4 is 39.3 Å². The molecule has 2 rings (SSSR count). The van der Waals surface area contributed by atoms with Crippen LogP contribution in [0.25, 0.3) is 0 Å². The molecule has 148 valence electrons. The van der Waals surface area contributed by atoms with Crippen molar-refractivity contribution in [3.63, 3.8) is 0 Å². The number of amides is 3. The van der Waals surface area contributed by atoms with Crippen molar-refractivity contribution in [3.05, 3.63) is 64.1 Å². The Morgan fingerprint density at radius 3 is 2.21 bits per heavy atom. The van der Waals surface area contributed by atoms with E-state index in [4.69, 9.17) is 0 Å². The van der Waals surface area contributed by atoms with Crippen LogP contribution in [-0.4, -0.2) is 24.3 Å². The molecule has 3 amide bonds. The van der Waals surface area contributed by atoms with Gasteiger partial charge < -0.3 is 16.0 Å². The van der Waals surface area contributed by atoms with Gasteiger partial charge in [-0.25, -0.2) is 0 Å². The number of hydrogen-bond acceptors (Lipinski definition) is 3. The molecule has 3 N–H and O–H groups in total. The lowest BCUT2D eigenvalue weighted by molar-refractivity contribution is -0.121. The molecule has 0 bridgehead atoms. The van der Waals surface area contributed by atoms with Crippen LogP contribution < -0.4 is 16.0 Å². The van der Waals surface area contributed by atoms with Crippen molar-refractivity contribution in [2.75, 3.05) is 11.9 Å². The minimum atomic E-state index is -0.210. The lowest BCUT2D eigenvalue weighted by Crippen LogP contribution is -2.32. The van der Waals surface area contributed by atoms with Crippen LogP contribution in [0.3, 0.4) is 0 Å². The third-order valence-corrected chi connectivity index (χ3v) is 4.67. The van der Waals surface area contributed by atoms with Gasteiger partial charge in [-0.05, 0) is 48.9 Å². The second-order valence-corrected chi connectivity index (χ2v) is 7.24. The molecular formula is C21H24BrN3O3. The number of carbonyl (C=O) groups is 3. The SMILES string of the molecule is CCC(=O)Nc1ccc(C(C)NC(=O)CCNC(=O)c2ccc(Br)cc2)cc1. The Bertz CT molecular complexity index is 820. The quantitative estimate of drug-likeness (QED) is 0.577. The molecule has 0 aromatic heterocycles. The van der Waals surface area contributed by atoms with Crippen molar-refractivity contribution < 1.29 is 14.4 Å². The Labute approximate surface area is 173 Å². The van der Waals surface area contributed by atoms with Crippen LogP contribution in [0.5, 0.6) is 0 Å². The van der Waals surface area contributed by atoms with Gasteiger partial charge in [-0.3, -0.25) is 14.4 Å². The second kappa shape index (κ2) is 10.6. The fourth-order valence-electron chi connectivity index (χ4n) is 2.49. The van der Waals surface area contributed by atoms with Gasteiger partial charge in [-0.15, -0.1) is 0 Å². The first kappa shape index (κ1) is 21.6. The highest BCUT2D eigenvalue weighted by Gasteiger charge is 2.11. The van der Waals surface area contributed by atoms with Crippen molar-refractivity contribution in [1.82, 2.24) is 10.6 Å². The van der Waals surface area contributed by atoms with Gasteiger partial charge >= 0.3 is 0 Å². The van der Waals surface area contributed by atoms with Crippen LogP contribution in [0.2, 0.25) is 0 Å². The van der Waals surface area contributed by atoms with E-state index in [0.717, 1.165) is 15.7 Å². The number of nitrogens with one attached hydrogen (secondary N) is 3. The van der Waals surface area contributed by atoms with E-state index < -0.39 is 0 Å². The van der Waals surface area contributed by atoms with E-state index in [-0.39, 0.29) is 36.7 Å². The summed E-state index contributed by atoms with van der Waals surface area (Å²) in [4.78, 5) is 35.5. The normalized spacial score (nSPS) is 11.4. The Balaban J connectivity index is 1.76. The Morgan fingerprint density at radius 2 is 1.61 bits per heavy atom. The van der Waals surface area contributed by atoms with E-state index in [1.165, 1.54) is 0 Å². The summed E-state index contributed by atoms with van der Waals surface area (Å²) in [6.45, 7) is 3.94. The predicted octanol–water partition coefficient (Wildman–Crippen LogP) is 3.79. The number of benzene rings is 2. The number of rotatable bonds is 8. The van der Waals surface area contributed by atoms with Crippen molar-refractivity contribution in [1.29, 1.82) is 0 Å². The average molecular weight is 446 g/mol. The van der Waals surface area contributed by atoms with E-state index in [1.807, 2.05) is 31.2 Å². The van der Waals surface area contributed by atoms with E-state index in [1.54, 1.807) is 31.2 Å². The molecule has 2 aromatic rings. The highest BCUT2D eigenvalue weighted by atomic mass is 79.9. The van der Waals surface area contributed by atoms with Crippen molar-refractivity contribution in [2.24, 2.45) is 0 Å². The largest absolute Gasteiger partial charge is 0.352 e. The standard InChI is InChI=1S/C21H24BrN3O3/c1-3-19(26)25-18-10-6-15(7-11-18)14(2)24-20(27)12-13-23-21(28)16-4-8-17(22)9-5-16/h4-11,14H,3,12-13H2,1-2H3,(H,23,28)(H,24,27)(H,25,26). The number of anilines is 1. The van der Waals surface area contributed by atoms with Gasteiger partial charge in [0.2, 0.25) is 11.8 Å². The highest BCUT2D eigenvalue weighted by molar-refractivity contribution is 9.10. The Kier molecular flexibility index (Phi) is 8.19. The zero-order valence-electron chi connectivity index (χ0n) is 15.9. The van der Waals surface area contributed by atoms with Crippen LogP contribution in [0.1, 0.15) is 48.7 Å². The van der Waals surface area contributed by atoms with Gasteiger partial charge in [0.15, 0.2) is 0 Å². The fraction of sp³-hybridized carbons (Fsp3) is 0.286. The second-order valence-electron chi connectivity index (χ2n) is 6.33.